The van der Waals surface area contributed by atoms with E-state index >= 15 is 0 Å². The van der Waals surface area contributed by atoms with Gasteiger partial charge in [0.25, 0.3) is 0 Å². The maximum Gasteiger partial charge on any atom is 0.244 e. The average Bonchev–Trinajstić information content (AvgIpc) is 1.76. The number of rotatable bonds is 34. The van der Waals surface area contributed by atoms with Crippen LogP contribution in [-0.4, -0.2) is 201 Å². The third-order valence-electron chi connectivity index (χ3n) is 26.1. The molecule has 0 aliphatic carbocycles. The van der Waals surface area contributed by atoms with Gasteiger partial charge in [0.1, 0.15) is 0 Å². The third kappa shape index (κ3) is 30.7. The Morgan fingerprint density at radius 2 is 0.659 bits per heavy atom. The maximum absolute atomic E-state index is 14.2. The predicted octanol–water partition coefficient (Wildman–Crippen LogP) is 16.6. The van der Waals surface area contributed by atoms with Gasteiger partial charge in [-0.15, -0.1) is 0 Å². The minimum atomic E-state index is -0.378. The molecule has 18 heteroatoms. The van der Waals surface area contributed by atoms with Crippen molar-refractivity contribution in [1.82, 2.24) is 56.4 Å². The molecule has 0 spiro atoms. The van der Waals surface area contributed by atoms with Gasteiger partial charge < -0.3 is 62.1 Å². The zero-order valence-electron chi connectivity index (χ0n) is 77.0. The van der Waals surface area contributed by atoms with Crippen LogP contribution in [-0.2, 0) is 28.8 Å². The Bertz CT molecular complexity index is 4870. The summed E-state index contributed by atoms with van der Waals surface area (Å²) in [4.78, 5) is 91.3. The van der Waals surface area contributed by atoms with Gasteiger partial charge in [-0.3, -0.25) is 28.8 Å². The van der Waals surface area contributed by atoms with Crippen LogP contribution in [0.1, 0.15) is 207 Å². The molecule has 680 valence electrons. The van der Waals surface area contributed by atoms with Crippen molar-refractivity contribution >= 4 is 53.7 Å². The largest absolute Gasteiger partial charge is 0.351 e. The molecule has 0 saturated carbocycles. The molecule has 0 unspecified atom stereocenters. The molecule has 9 aromatic rings. The Kier molecular flexibility index (Phi) is 38.5. The number of hydrogen-bond donors (Lipinski definition) is 7. The highest BCUT2D eigenvalue weighted by Crippen LogP contribution is 2.32. The van der Waals surface area contributed by atoms with E-state index in [1.807, 2.05) is 102 Å². The van der Waals surface area contributed by atoms with Crippen molar-refractivity contribution in [3.8, 4) is 0 Å². The quantitative estimate of drug-likeness (QED) is 0.0188. The molecule has 18 nitrogen and oxygen atoms in total. The first kappa shape index (κ1) is 96.9. The molecule has 0 aromatic heterocycles. The molecule has 0 bridgehead atoms. The van der Waals surface area contributed by atoms with Crippen LogP contribution in [0.3, 0.4) is 0 Å². The van der Waals surface area contributed by atoms with Gasteiger partial charge in [0.2, 0.25) is 35.4 Å². The number of hydrogen-bond acceptors (Lipinski definition) is 12. The highest BCUT2D eigenvalue weighted by molar-refractivity contribution is 5.93. The van der Waals surface area contributed by atoms with E-state index in [2.05, 4.69) is 263 Å². The molecule has 5 saturated heterocycles. The summed E-state index contributed by atoms with van der Waals surface area (Å²) in [6.07, 6.45) is 22.3. The number of likely N-dealkylation sites (tertiary alicyclic amines) is 2. The van der Waals surface area contributed by atoms with Gasteiger partial charge in [-0.1, -0.05) is 295 Å². The maximum atomic E-state index is 14.2. The van der Waals surface area contributed by atoms with E-state index in [4.69, 9.17) is 5.73 Å². The first-order valence-electron chi connectivity index (χ1n) is 47.6. The number of nitrogens with two attached hydrogens (primary N) is 1. The van der Waals surface area contributed by atoms with Crippen LogP contribution in [0.5, 0.6) is 0 Å². The summed E-state index contributed by atoms with van der Waals surface area (Å²) in [5.74, 6) is 1.24. The summed E-state index contributed by atoms with van der Waals surface area (Å²) >= 11 is 0. The van der Waals surface area contributed by atoms with Gasteiger partial charge in [-0.2, -0.15) is 0 Å². The van der Waals surface area contributed by atoms with Gasteiger partial charge in [0, 0.05) is 126 Å². The van der Waals surface area contributed by atoms with E-state index in [1.54, 1.807) is 18.2 Å². The van der Waals surface area contributed by atoms with Gasteiger partial charge in [0.05, 0.1) is 18.1 Å². The van der Waals surface area contributed by atoms with Crippen LogP contribution in [0.2, 0.25) is 0 Å². The van der Waals surface area contributed by atoms with Gasteiger partial charge in [-0.05, 0) is 208 Å². The normalized spacial score (nSPS) is 19.2. The summed E-state index contributed by atoms with van der Waals surface area (Å²) in [7, 11) is 0. The van der Waals surface area contributed by atoms with Crippen molar-refractivity contribution in [3.63, 3.8) is 0 Å². The second-order valence-corrected chi connectivity index (χ2v) is 36.3. The number of nitrogens with zero attached hydrogens (tertiary/aromatic N) is 5. The van der Waals surface area contributed by atoms with Crippen LogP contribution < -0.4 is 37.6 Å². The lowest BCUT2D eigenvalue weighted by molar-refractivity contribution is -0.133. The number of amides is 6. The van der Waals surface area contributed by atoms with E-state index in [0.29, 0.717) is 83.7 Å². The molecule has 0 radical (unpaired) electrons. The molecular weight excluding hydrogens is 1600 g/mol. The zero-order chi connectivity index (χ0) is 90.5. The molecule has 5 heterocycles. The highest BCUT2D eigenvalue weighted by atomic mass is 16.2. The van der Waals surface area contributed by atoms with Gasteiger partial charge >= 0.3 is 0 Å². The molecule has 5 aliphatic heterocycles. The molecule has 6 atom stereocenters. The van der Waals surface area contributed by atoms with Gasteiger partial charge in [0.15, 0.2) is 0 Å². The Morgan fingerprint density at radius 1 is 0.364 bits per heavy atom. The Hall–Kier alpha value is -11.2. The molecule has 5 aliphatic rings. The summed E-state index contributed by atoms with van der Waals surface area (Å²) < 4.78 is 0. The average molecular weight is 1740 g/mol. The Morgan fingerprint density at radius 3 is 0.946 bits per heavy atom. The Balaban J connectivity index is 0.000000176. The van der Waals surface area contributed by atoms with Crippen molar-refractivity contribution in [1.29, 1.82) is 0 Å². The molecule has 5 fully saturated rings. The number of aryl methyl sites for hydroxylation is 2. The van der Waals surface area contributed by atoms with Crippen molar-refractivity contribution < 1.29 is 28.8 Å². The number of nitrogens with one attached hydrogen (secondary N) is 6. The summed E-state index contributed by atoms with van der Waals surface area (Å²) in [5.41, 5.74) is 21.1. The molecule has 8 N–H and O–H groups in total. The number of piperidine rings is 2. The Labute approximate surface area is 768 Å². The first-order chi connectivity index (χ1) is 62.9. The van der Waals surface area contributed by atoms with Crippen LogP contribution >= 0.6 is 0 Å². The van der Waals surface area contributed by atoms with Crippen LogP contribution in [0.4, 0.5) is 0 Å². The fraction of sp³-hybridized carbons (Fsp3) is 0.405. The van der Waals surface area contributed by atoms with Crippen molar-refractivity contribution in [2.45, 2.75) is 184 Å². The van der Waals surface area contributed by atoms with Crippen LogP contribution in [0.15, 0.2) is 267 Å². The van der Waals surface area contributed by atoms with Crippen LogP contribution in [0.25, 0.3) is 18.2 Å². The standard InChI is InChI=1S/C39H50N4O2.C38H48N4O2.C34H42N4O2/c1-30(2)32-19-16-31(17-20-32)18-21-38(44)40-28-35-22-27-43(39(45)37(41-35)23-26-42-24-10-5-11-25-42)29-36(33-12-6-3-7-13-33)34-14-8-4-9-15-34;1-29-16-17-31(30(2)26-29)18-19-37(43)39-27-34-20-25-42(38(44)36(40-34)21-24-41-22-10-5-11-23-41)28-35(32-12-6-3-7-13-32)33-14-8-4-9-15-33;1-25(2)27-16-13-26(14-17-27)15-18-33(39)36-23-30-20-22-38(34(40)32(37-30)19-21-35)24-31(28-9-5-3-6-10-28)29-11-7-4-8-12-29/h3-4,6-9,12-21,30,35-37,41H,5,10-11,22-29H2,1-2H3,(H,40,44);3-4,6-9,12-19,26,34-36,40H,5,10-11,20-25,27-28H2,1-2H3,(H,39,43);3-18,25,30-32,37H,19-24,35H2,1-2H3,(H,36,39)/b21-18+;19-18+;18-15+/t35-,37-;34-,36-;30-,32-/m000/s1. The fourth-order valence-corrected chi connectivity index (χ4v) is 18.4. The topological polar surface area (TPSA) is 217 Å². The van der Waals surface area contributed by atoms with E-state index in [-0.39, 0.29) is 89.4 Å². The van der Waals surface area contributed by atoms with Crippen LogP contribution in [0, 0.1) is 13.8 Å². The molecule has 9 aromatic carbocycles. The summed E-state index contributed by atoms with van der Waals surface area (Å²) in [6, 6.07) is 84.7. The van der Waals surface area contributed by atoms with Crippen molar-refractivity contribution in [3.05, 3.63) is 339 Å². The SMILES string of the molecule is CC(C)c1ccc(/C=C/C(=O)NC[C@@H]2CCN(CC(c3ccccc3)c3ccccc3)C(=O)[C@H](CCN)N2)cc1.CC(C)c1ccc(/C=C/C(=O)NC[C@@H]2CCN(CC(c3ccccc3)c3ccccc3)C(=O)[C@H](CCN3CCCCC3)N2)cc1.Cc1ccc(/C=C/C(=O)NC[C@@H]2CCN(CC(c3ccccc3)c3ccccc3)C(=O)[C@H](CCN3CCCCC3)N2)c(C)c1. The molecule has 129 heavy (non-hydrogen) atoms. The number of carbonyl (C=O) groups excluding carboxylic acids is 6. The number of benzene rings is 9. The van der Waals surface area contributed by atoms with Gasteiger partial charge in [-0.25, -0.2) is 0 Å². The molecular formula is C111H140N12O6. The monoisotopic (exact) mass is 1740 g/mol. The number of carbonyl (C=O) groups is 6. The molecule has 14 rings (SSSR count). The minimum Gasteiger partial charge on any atom is -0.351 e. The lowest BCUT2D eigenvalue weighted by Crippen LogP contribution is -2.50. The highest BCUT2D eigenvalue weighted by Gasteiger charge is 2.37. The fourth-order valence-electron chi connectivity index (χ4n) is 18.4. The van der Waals surface area contributed by atoms with Crippen molar-refractivity contribution in [2.75, 3.05) is 105 Å². The second kappa shape index (κ2) is 51.2. The van der Waals surface area contributed by atoms with E-state index in [9.17, 15) is 28.8 Å². The lowest BCUT2D eigenvalue weighted by atomic mass is 9.90. The van der Waals surface area contributed by atoms with E-state index < -0.39 is 0 Å². The zero-order valence-corrected chi connectivity index (χ0v) is 77.0. The third-order valence-corrected chi connectivity index (χ3v) is 26.1. The first-order valence-corrected chi connectivity index (χ1v) is 47.6. The second-order valence-electron chi connectivity index (χ2n) is 36.3. The van der Waals surface area contributed by atoms with Crippen molar-refractivity contribution in [2.24, 2.45) is 5.73 Å². The summed E-state index contributed by atoms with van der Waals surface area (Å²) in [6.45, 7) is 24.7. The smallest absolute Gasteiger partial charge is 0.244 e. The lowest BCUT2D eigenvalue weighted by Gasteiger charge is -2.31. The summed E-state index contributed by atoms with van der Waals surface area (Å²) in [5, 5.41) is 20.1. The molecule has 6 amide bonds. The van der Waals surface area contributed by atoms with E-state index in [1.165, 1.54) is 88.6 Å². The van der Waals surface area contributed by atoms with E-state index in [0.717, 1.165) is 93.6 Å². The predicted molar refractivity (Wildman–Crippen MR) is 527 cm³/mol. The minimum absolute atomic E-state index is 0.0138.